The first kappa shape index (κ1) is 23.0. The molecule has 4 aromatic rings. The number of benzene rings is 3. The minimum absolute atomic E-state index is 0.104. The zero-order valence-corrected chi connectivity index (χ0v) is 19.5. The molecule has 0 saturated heterocycles. The van der Waals surface area contributed by atoms with Gasteiger partial charge in [0, 0.05) is 48.2 Å². The van der Waals surface area contributed by atoms with Gasteiger partial charge in [0.15, 0.2) is 0 Å². The Morgan fingerprint density at radius 2 is 1.56 bits per heavy atom. The summed E-state index contributed by atoms with van der Waals surface area (Å²) in [5, 5.41) is 6.27. The third-order valence-electron chi connectivity index (χ3n) is 5.67. The number of hydrogen-bond donors (Lipinski definition) is 2. The van der Waals surface area contributed by atoms with E-state index in [9.17, 15) is 4.79 Å². The molecular formula is C28H29N5O. The van der Waals surface area contributed by atoms with E-state index in [-0.39, 0.29) is 5.91 Å². The lowest BCUT2D eigenvalue weighted by Crippen LogP contribution is -2.23. The van der Waals surface area contributed by atoms with Gasteiger partial charge in [-0.3, -0.25) is 4.79 Å². The summed E-state index contributed by atoms with van der Waals surface area (Å²) in [6.07, 6.45) is 1.54. The number of rotatable bonds is 9. The first-order valence-electron chi connectivity index (χ1n) is 11.5. The van der Waals surface area contributed by atoms with Crippen molar-refractivity contribution in [1.29, 1.82) is 0 Å². The summed E-state index contributed by atoms with van der Waals surface area (Å²) in [4.78, 5) is 23.5. The molecule has 0 aliphatic carbocycles. The average Bonchev–Trinajstić information content (AvgIpc) is 2.90. The zero-order valence-electron chi connectivity index (χ0n) is 19.5. The third-order valence-corrected chi connectivity index (χ3v) is 5.67. The van der Waals surface area contributed by atoms with Gasteiger partial charge in [-0.1, -0.05) is 42.5 Å². The lowest BCUT2D eigenvalue weighted by atomic mass is 10.1. The van der Waals surface area contributed by atoms with E-state index in [0.29, 0.717) is 17.9 Å². The Balaban J connectivity index is 1.34. The molecule has 6 nitrogen and oxygen atoms in total. The zero-order chi connectivity index (χ0) is 23.8. The molecule has 0 aliphatic heterocycles. The second-order valence-corrected chi connectivity index (χ2v) is 7.88. The average molecular weight is 452 g/mol. The lowest BCUT2D eigenvalue weighted by Gasteiger charge is -2.21. The molecule has 2 N–H and O–H groups in total. The van der Waals surface area contributed by atoms with E-state index in [0.717, 1.165) is 35.6 Å². The van der Waals surface area contributed by atoms with E-state index in [1.165, 1.54) is 5.69 Å². The van der Waals surface area contributed by atoms with Gasteiger partial charge in [0.1, 0.15) is 12.1 Å². The van der Waals surface area contributed by atoms with Crippen molar-refractivity contribution in [2.24, 2.45) is 0 Å². The van der Waals surface area contributed by atoms with E-state index >= 15 is 0 Å². The maximum absolute atomic E-state index is 12.6. The molecule has 172 valence electrons. The van der Waals surface area contributed by atoms with Gasteiger partial charge in [-0.2, -0.15) is 0 Å². The molecule has 1 heterocycles. The van der Waals surface area contributed by atoms with Crippen LogP contribution in [-0.2, 0) is 6.54 Å². The van der Waals surface area contributed by atoms with Crippen molar-refractivity contribution in [1.82, 2.24) is 15.3 Å². The number of amides is 1. The topological polar surface area (TPSA) is 70.2 Å². The monoisotopic (exact) mass is 451 g/mol. The van der Waals surface area contributed by atoms with E-state index in [1.54, 1.807) is 18.5 Å². The SMILES string of the molecule is CCN(CC)c1ccc(CNC(=O)c2ccc(Nc3cc(-c4ccccc4)ncn3)cc2)cc1. The van der Waals surface area contributed by atoms with E-state index in [1.807, 2.05) is 48.5 Å². The summed E-state index contributed by atoms with van der Waals surface area (Å²) < 4.78 is 0. The number of nitrogens with zero attached hydrogens (tertiary/aromatic N) is 3. The standard InChI is InChI=1S/C28H29N5O/c1-3-33(4-2)25-16-10-21(11-17-25)19-29-28(34)23-12-14-24(15-13-23)32-27-18-26(30-20-31-27)22-8-6-5-7-9-22/h5-18,20H,3-4,19H2,1-2H3,(H,29,34)(H,30,31,32). The van der Waals surface area contributed by atoms with Crippen LogP contribution in [-0.4, -0.2) is 29.0 Å². The minimum atomic E-state index is -0.104. The van der Waals surface area contributed by atoms with Crippen LogP contribution in [0.3, 0.4) is 0 Å². The number of carbonyl (C=O) groups is 1. The largest absolute Gasteiger partial charge is 0.372 e. The normalized spacial score (nSPS) is 10.5. The van der Waals surface area contributed by atoms with Gasteiger partial charge < -0.3 is 15.5 Å². The molecular weight excluding hydrogens is 422 g/mol. The van der Waals surface area contributed by atoms with Gasteiger partial charge in [0.25, 0.3) is 5.91 Å². The molecule has 0 atom stereocenters. The fourth-order valence-electron chi connectivity index (χ4n) is 3.74. The highest BCUT2D eigenvalue weighted by molar-refractivity contribution is 5.94. The van der Waals surface area contributed by atoms with Crippen LogP contribution in [0.4, 0.5) is 17.2 Å². The highest BCUT2D eigenvalue weighted by Gasteiger charge is 2.07. The molecule has 0 radical (unpaired) electrons. The van der Waals surface area contributed by atoms with Crippen molar-refractivity contribution in [2.45, 2.75) is 20.4 Å². The molecule has 0 aliphatic rings. The lowest BCUT2D eigenvalue weighted by molar-refractivity contribution is 0.0951. The maximum Gasteiger partial charge on any atom is 0.251 e. The number of carbonyl (C=O) groups excluding carboxylic acids is 1. The van der Waals surface area contributed by atoms with Gasteiger partial charge in [-0.25, -0.2) is 9.97 Å². The van der Waals surface area contributed by atoms with Crippen molar-refractivity contribution in [3.63, 3.8) is 0 Å². The van der Waals surface area contributed by atoms with Gasteiger partial charge in [-0.15, -0.1) is 0 Å². The van der Waals surface area contributed by atoms with Gasteiger partial charge in [-0.05, 0) is 55.8 Å². The predicted octanol–water partition coefficient (Wildman–Crippen LogP) is 5.66. The quantitative estimate of drug-likeness (QED) is 0.343. The van der Waals surface area contributed by atoms with Crippen LogP contribution < -0.4 is 15.5 Å². The number of hydrogen-bond acceptors (Lipinski definition) is 5. The van der Waals surface area contributed by atoms with Crippen LogP contribution in [0.25, 0.3) is 11.3 Å². The number of anilines is 3. The van der Waals surface area contributed by atoms with Crippen molar-refractivity contribution >= 4 is 23.1 Å². The molecule has 4 rings (SSSR count). The van der Waals surface area contributed by atoms with Crippen LogP contribution in [0.2, 0.25) is 0 Å². The highest BCUT2D eigenvalue weighted by Crippen LogP contribution is 2.21. The Hall–Kier alpha value is -4.19. The van der Waals surface area contributed by atoms with Crippen LogP contribution in [0.15, 0.2) is 91.3 Å². The smallest absolute Gasteiger partial charge is 0.251 e. The first-order valence-corrected chi connectivity index (χ1v) is 11.5. The van der Waals surface area contributed by atoms with Crippen LogP contribution in [0.5, 0.6) is 0 Å². The Morgan fingerprint density at radius 1 is 0.853 bits per heavy atom. The van der Waals surface area contributed by atoms with Crippen LogP contribution in [0.1, 0.15) is 29.8 Å². The fraction of sp³-hybridized carbons (Fsp3) is 0.179. The fourth-order valence-corrected chi connectivity index (χ4v) is 3.74. The third kappa shape index (κ3) is 5.78. The molecule has 34 heavy (non-hydrogen) atoms. The maximum atomic E-state index is 12.6. The van der Waals surface area contributed by atoms with Crippen molar-refractivity contribution in [2.75, 3.05) is 23.3 Å². The molecule has 1 aromatic heterocycles. The van der Waals surface area contributed by atoms with Crippen molar-refractivity contribution in [3.8, 4) is 11.3 Å². The summed E-state index contributed by atoms with van der Waals surface area (Å²) in [7, 11) is 0. The molecule has 0 bridgehead atoms. The van der Waals surface area contributed by atoms with Gasteiger partial charge in [0.2, 0.25) is 0 Å². The van der Waals surface area contributed by atoms with Gasteiger partial charge in [0.05, 0.1) is 5.69 Å². The van der Waals surface area contributed by atoms with Crippen LogP contribution in [0, 0.1) is 0 Å². The molecule has 1 amide bonds. The Morgan fingerprint density at radius 3 is 2.24 bits per heavy atom. The van der Waals surface area contributed by atoms with E-state index in [2.05, 4.69) is 63.6 Å². The molecule has 3 aromatic carbocycles. The number of nitrogens with one attached hydrogen (secondary N) is 2. The van der Waals surface area contributed by atoms with Crippen molar-refractivity contribution < 1.29 is 4.79 Å². The summed E-state index contributed by atoms with van der Waals surface area (Å²) in [6, 6.07) is 27.6. The second kappa shape index (κ2) is 11.1. The summed E-state index contributed by atoms with van der Waals surface area (Å²) >= 11 is 0. The summed E-state index contributed by atoms with van der Waals surface area (Å²) in [6.45, 7) is 6.73. The Bertz CT molecular complexity index is 1200. The second-order valence-electron chi connectivity index (χ2n) is 7.88. The minimum Gasteiger partial charge on any atom is -0.372 e. The summed E-state index contributed by atoms with van der Waals surface area (Å²) in [5.74, 6) is 0.590. The van der Waals surface area contributed by atoms with E-state index < -0.39 is 0 Å². The van der Waals surface area contributed by atoms with Crippen LogP contribution >= 0.6 is 0 Å². The van der Waals surface area contributed by atoms with Crippen molar-refractivity contribution in [3.05, 3.63) is 102 Å². The summed E-state index contributed by atoms with van der Waals surface area (Å²) in [5.41, 5.74) is 5.60. The Labute approximate surface area is 200 Å². The Kier molecular flexibility index (Phi) is 7.50. The highest BCUT2D eigenvalue weighted by atomic mass is 16.1. The molecule has 0 spiro atoms. The molecule has 0 saturated carbocycles. The first-order chi connectivity index (χ1) is 16.7. The number of aromatic nitrogens is 2. The molecule has 0 fully saturated rings. The molecule has 6 heteroatoms. The van der Waals surface area contributed by atoms with E-state index in [4.69, 9.17) is 0 Å². The van der Waals surface area contributed by atoms with Gasteiger partial charge >= 0.3 is 0 Å². The predicted molar refractivity (Wildman–Crippen MR) is 138 cm³/mol. The molecule has 0 unspecified atom stereocenters.